The van der Waals surface area contributed by atoms with Gasteiger partial charge in [-0.3, -0.25) is 14.5 Å². The van der Waals surface area contributed by atoms with E-state index in [4.69, 9.17) is 0 Å². The van der Waals surface area contributed by atoms with Gasteiger partial charge in [-0.05, 0) is 36.1 Å². The van der Waals surface area contributed by atoms with Gasteiger partial charge in [0.2, 0.25) is 11.5 Å². The van der Waals surface area contributed by atoms with Crippen LogP contribution in [0.5, 0.6) is 0 Å². The molecule has 1 unspecified atom stereocenters. The molecule has 1 aliphatic rings. The zero-order chi connectivity index (χ0) is 22.0. The summed E-state index contributed by atoms with van der Waals surface area (Å²) in [7, 11) is 0. The van der Waals surface area contributed by atoms with Crippen LogP contribution in [0.1, 0.15) is 24.8 Å². The number of pyridine rings is 2. The van der Waals surface area contributed by atoms with Gasteiger partial charge >= 0.3 is 0 Å². The van der Waals surface area contributed by atoms with E-state index in [2.05, 4.69) is 15.3 Å². The molecule has 1 aliphatic heterocycles. The van der Waals surface area contributed by atoms with Crippen LogP contribution >= 0.6 is 11.3 Å². The Morgan fingerprint density at radius 1 is 1.32 bits per heavy atom. The monoisotopic (exact) mass is 444 g/mol. The predicted molar refractivity (Wildman–Crippen MR) is 117 cm³/mol. The fourth-order valence-corrected chi connectivity index (χ4v) is 4.44. The summed E-state index contributed by atoms with van der Waals surface area (Å²) >= 11 is 1.60. The third-order valence-corrected chi connectivity index (χ3v) is 6.54. The molecule has 3 aromatic rings. The number of aromatic nitrogens is 2. The van der Waals surface area contributed by atoms with Gasteiger partial charge in [0.05, 0.1) is 12.0 Å². The number of H-pyrrole nitrogens is 1. The van der Waals surface area contributed by atoms with E-state index in [9.17, 15) is 18.4 Å². The van der Waals surface area contributed by atoms with Crippen molar-refractivity contribution in [2.24, 2.45) is 0 Å². The second kappa shape index (κ2) is 8.68. The number of amides is 1. The summed E-state index contributed by atoms with van der Waals surface area (Å²) in [5.74, 6) is -3.90. The quantitative estimate of drug-likeness (QED) is 0.625. The second-order valence-corrected chi connectivity index (χ2v) is 8.57. The Morgan fingerprint density at radius 3 is 2.81 bits per heavy atom. The number of nitrogens with one attached hydrogen (secondary N) is 2. The lowest BCUT2D eigenvalue weighted by atomic mass is 9.87. The maximum absolute atomic E-state index is 14.6. The molecule has 162 valence electrons. The molecule has 9 heteroatoms. The molecule has 0 saturated carbocycles. The van der Waals surface area contributed by atoms with Crippen LogP contribution in [-0.4, -0.2) is 45.8 Å². The van der Waals surface area contributed by atoms with Gasteiger partial charge in [0.15, 0.2) is 0 Å². The third-order valence-electron chi connectivity index (χ3n) is 5.62. The SMILES string of the molecule is CC(C(=O)Nc1ccc(-c2cccs2)cn1)N1CCC(F)(F)[C@@H](c2ccc(=O)[nH]c2)C1. The first-order chi connectivity index (χ1) is 14.8. The zero-order valence-electron chi connectivity index (χ0n) is 16.8. The van der Waals surface area contributed by atoms with Crippen LogP contribution in [-0.2, 0) is 4.79 Å². The number of halogens is 2. The number of hydrogen-bond acceptors (Lipinski definition) is 5. The number of carbonyl (C=O) groups is 1. The Labute approximate surface area is 182 Å². The van der Waals surface area contributed by atoms with Gasteiger partial charge in [0, 0.05) is 48.4 Å². The number of thiophene rings is 1. The van der Waals surface area contributed by atoms with Crippen molar-refractivity contribution in [2.75, 3.05) is 18.4 Å². The van der Waals surface area contributed by atoms with Crippen molar-refractivity contribution in [3.63, 3.8) is 0 Å². The summed E-state index contributed by atoms with van der Waals surface area (Å²) in [4.78, 5) is 33.6. The average Bonchev–Trinajstić information content (AvgIpc) is 3.29. The highest BCUT2D eigenvalue weighted by atomic mass is 32.1. The van der Waals surface area contributed by atoms with E-state index in [-0.39, 0.29) is 31.0 Å². The first-order valence-electron chi connectivity index (χ1n) is 9.95. The maximum atomic E-state index is 14.6. The normalized spacial score (nSPS) is 19.6. The van der Waals surface area contributed by atoms with Crippen molar-refractivity contribution in [1.29, 1.82) is 0 Å². The van der Waals surface area contributed by atoms with Crippen molar-refractivity contribution >= 4 is 23.1 Å². The number of alkyl halides is 2. The number of nitrogens with zero attached hydrogens (tertiary/aromatic N) is 2. The molecule has 4 heterocycles. The fraction of sp³-hybridized carbons (Fsp3) is 0.318. The van der Waals surface area contributed by atoms with Crippen LogP contribution in [0.4, 0.5) is 14.6 Å². The molecule has 0 radical (unpaired) electrons. The molecule has 1 saturated heterocycles. The maximum Gasteiger partial charge on any atom is 0.257 e. The van der Waals surface area contributed by atoms with Crippen molar-refractivity contribution in [1.82, 2.24) is 14.9 Å². The van der Waals surface area contributed by atoms with Gasteiger partial charge in [-0.1, -0.05) is 12.1 Å². The number of carbonyl (C=O) groups excluding carboxylic acids is 1. The molecule has 0 bridgehead atoms. The molecule has 2 N–H and O–H groups in total. The molecule has 4 rings (SSSR count). The topological polar surface area (TPSA) is 78.1 Å². The standard InChI is InChI=1S/C22H22F2N4O2S/c1-14(21(30)27-19-6-4-16(12-25-19)18-3-2-10-31-18)28-9-8-22(23,24)17(13-28)15-5-7-20(29)26-11-15/h2-7,10-12,14,17H,8-9,13H2,1H3,(H,26,29)(H,25,27,30)/t14?,17-/m1/s1. The summed E-state index contributed by atoms with van der Waals surface area (Å²) in [5.41, 5.74) is 0.973. The van der Waals surface area contributed by atoms with Gasteiger partial charge < -0.3 is 10.3 Å². The Morgan fingerprint density at radius 2 is 2.16 bits per heavy atom. The molecule has 0 aromatic carbocycles. The second-order valence-electron chi connectivity index (χ2n) is 7.62. The first-order valence-corrected chi connectivity index (χ1v) is 10.8. The van der Waals surface area contributed by atoms with Crippen LogP contribution in [0.2, 0.25) is 0 Å². The number of likely N-dealkylation sites (tertiary alicyclic amines) is 1. The van der Waals surface area contributed by atoms with E-state index in [1.54, 1.807) is 35.4 Å². The number of rotatable bonds is 5. The summed E-state index contributed by atoms with van der Waals surface area (Å²) < 4.78 is 29.1. The van der Waals surface area contributed by atoms with Gasteiger partial charge in [0.25, 0.3) is 5.92 Å². The third kappa shape index (κ3) is 4.72. The minimum atomic E-state index is -2.91. The molecule has 0 spiro atoms. The average molecular weight is 445 g/mol. The van der Waals surface area contributed by atoms with Crippen LogP contribution in [0.3, 0.4) is 0 Å². The summed E-state index contributed by atoms with van der Waals surface area (Å²) in [6.07, 6.45) is 2.66. The van der Waals surface area contributed by atoms with Crippen molar-refractivity contribution in [2.45, 2.75) is 31.2 Å². The van der Waals surface area contributed by atoms with E-state index >= 15 is 0 Å². The van der Waals surface area contributed by atoms with Crippen molar-refractivity contribution in [3.8, 4) is 10.4 Å². The Balaban J connectivity index is 1.43. The van der Waals surface area contributed by atoms with Crippen LogP contribution in [0, 0.1) is 0 Å². The largest absolute Gasteiger partial charge is 0.329 e. The van der Waals surface area contributed by atoms with Crippen molar-refractivity contribution < 1.29 is 13.6 Å². The number of hydrogen-bond donors (Lipinski definition) is 2. The van der Waals surface area contributed by atoms with Gasteiger partial charge in [-0.25, -0.2) is 13.8 Å². The molecule has 1 amide bonds. The molecule has 3 aromatic heterocycles. The highest BCUT2D eigenvalue weighted by molar-refractivity contribution is 7.13. The van der Waals surface area contributed by atoms with E-state index in [1.165, 1.54) is 18.3 Å². The highest BCUT2D eigenvalue weighted by Crippen LogP contribution is 2.40. The summed E-state index contributed by atoms with van der Waals surface area (Å²) in [5, 5.41) is 4.75. The summed E-state index contributed by atoms with van der Waals surface area (Å²) in [6, 6.07) is 9.61. The first kappa shape index (κ1) is 21.3. The Kier molecular flexibility index (Phi) is 5.97. The highest BCUT2D eigenvalue weighted by Gasteiger charge is 2.46. The van der Waals surface area contributed by atoms with E-state index in [1.807, 2.05) is 23.6 Å². The van der Waals surface area contributed by atoms with Crippen molar-refractivity contribution in [3.05, 3.63) is 70.1 Å². The minimum Gasteiger partial charge on any atom is -0.329 e. The van der Waals surface area contributed by atoms with Crippen LogP contribution in [0.15, 0.2) is 59.0 Å². The summed E-state index contributed by atoms with van der Waals surface area (Å²) in [6.45, 7) is 1.81. The van der Waals surface area contributed by atoms with Crippen LogP contribution < -0.4 is 10.9 Å². The fourth-order valence-electron chi connectivity index (χ4n) is 3.72. The Bertz CT molecular complexity index is 1080. The van der Waals surface area contributed by atoms with Crippen LogP contribution in [0.25, 0.3) is 10.4 Å². The smallest absolute Gasteiger partial charge is 0.257 e. The lowest BCUT2D eigenvalue weighted by Gasteiger charge is -2.40. The molecule has 31 heavy (non-hydrogen) atoms. The minimum absolute atomic E-state index is 0.0123. The zero-order valence-corrected chi connectivity index (χ0v) is 17.7. The number of anilines is 1. The molecule has 6 nitrogen and oxygen atoms in total. The van der Waals surface area contributed by atoms with Gasteiger partial charge in [0.1, 0.15) is 5.82 Å². The van der Waals surface area contributed by atoms with E-state index < -0.39 is 17.9 Å². The molecule has 0 aliphatic carbocycles. The molecule has 1 fully saturated rings. The van der Waals surface area contributed by atoms with Gasteiger partial charge in [-0.2, -0.15) is 0 Å². The molecular formula is C22H22F2N4O2S. The lowest BCUT2D eigenvalue weighted by Crippen LogP contribution is -2.52. The number of piperidine rings is 1. The van der Waals surface area contributed by atoms with E-state index in [0.717, 1.165) is 10.4 Å². The number of aromatic amines is 1. The Hall–Kier alpha value is -2.91. The molecule has 2 atom stereocenters. The van der Waals surface area contributed by atoms with E-state index in [0.29, 0.717) is 11.4 Å². The lowest BCUT2D eigenvalue weighted by molar-refractivity contribution is -0.125. The predicted octanol–water partition coefficient (Wildman–Crippen LogP) is 3.95. The molecular weight excluding hydrogens is 422 g/mol. The van der Waals surface area contributed by atoms with Gasteiger partial charge in [-0.15, -0.1) is 11.3 Å².